The first kappa shape index (κ1) is 15.0. The molecule has 2 atom stereocenters. The van der Waals surface area contributed by atoms with E-state index in [2.05, 4.69) is 67.3 Å². The Morgan fingerprint density at radius 2 is 1.35 bits per heavy atom. The van der Waals surface area contributed by atoms with Crippen molar-refractivity contribution in [1.82, 2.24) is 4.90 Å². The van der Waals surface area contributed by atoms with E-state index in [0.717, 1.165) is 0 Å². The smallest absolute Gasteiger partial charge is 0.0237 e. The van der Waals surface area contributed by atoms with Gasteiger partial charge in [0.2, 0.25) is 0 Å². The minimum Gasteiger partial charge on any atom is -0.295 e. The van der Waals surface area contributed by atoms with Gasteiger partial charge in [0.15, 0.2) is 0 Å². The quantitative estimate of drug-likeness (QED) is 0.674. The molecular formula is C16H33N. The zero-order valence-corrected chi connectivity index (χ0v) is 13.6. The van der Waals surface area contributed by atoms with E-state index in [1.807, 2.05) is 0 Å². The summed E-state index contributed by atoms with van der Waals surface area (Å²) in [6.07, 6.45) is 3.74. The van der Waals surface area contributed by atoms with Gasteiger partial charge in [-0.1, -0.05) is 41.5 Å². The average Bonchev–Trinajstić information content (AvgIpc) is 2.24. The largest absolute Gasteiger partial charge is 0.295 e. The second-order valence-corrected chi connectivity index (χ2v) is 7.72. The number of piperidine rings is 1. The molecule has 1 rings (SSSR count). The van der Waals surface area contributed by atoms with Gasteiger partial charge in [-0.3, -0.25) is 4.90 Å². The highest BCUT2D eigenvalue weighted by atomic mass is 15.3. The van der Waals surface area contributed by atoms with Gasteiger partial charge in [-0.2, -0.15) is 0 Å². The number of nitrogens with zero attached hydrogens (tertiary/aromatic N) is 1. The van der Waals surface area contributed by atoms with Crippen molar-refractivity contribution in [3.63, 3.8) is 0 Å². The van der Waals surface area contributed by atoms with Crippen LogP contribution in [0.1, 0.15) is 74.7 Å². The zero-order chi connectivity index (χ0) is 13.7. The molecular weight excluding hydrogens is 206 g/mol. The molecule has 1 fully saturated rings. The van der Waals surface area contributed by atoms with Gasteiger partial charge in [0.1, 0.15) is 0 Å². The van der Waals surface area contributed by atoms with Crippen molar-refractivity contribution in [3.05, 3.63) is 0 Å². The summed E-state index contributed by atoms with van der Waals surface area (Å²) < 4.78 is 0. The number of likely N-dealkylation sites (tertiary alicyclic amines) is 1. The number of hydrogen-bond donors (Lipinski definition) is 0. The maximum Gasteiger partial charge on any atom is 0.0237 e. The van der Waals surface area contributed by atoms with Crippen molar-refractivity contribution in [3.8, 4) is 0 Å². The Kier molecular flexibility index (Phi) is 3.52. The van der Waals surface area contributed by atoms with Crippen LogP contribution in [0.4, 0.5) is 0 Å². The molecule has 0 aromatic heterocycles. The maximum atomic E-state index is 2.67. The first-order chi connectivity index (χ1) is 7.48. The first-order valence-corrected chi connectivity index (χ1v) is 7.22. The Hall–Kier alpha value is -0.0400. The van der Waals surface area contributed by atoms with Gasteiger partial charge in [0.25, 0.3) is 0 Å². The normalized spacial score (nSPS) is 41.5. The van der Waals surface area contributed by atoms with Gasteiger partial charge >= 0.3 is 0 Å². The SMILES string of the molecule is CCC1(C)CC(C)(C)C(C)(C)C(C)(CC)N1C. The summed E-state index contributed by atoms with van der Waals surface area (Å²) >= 11 is 0. The third-order valence-electron chi connectivity index (χ3n) is 6.86. The third-order valence-corrected chi connectivity index (χ3v) is 6.86. The summed E-state index contributed by atoms with van der Waals surface area (Å²) in [5, 5.41) is 0. The summed E-state index contributed by atoms with van der Waals surface area (Å²) in [7, 11) is 2.34. The van der Waals surface area contributed by atoms with E-state index in [9.17, 15) is 0 Å². The molecule has 0 saturated carbocycles. The van der Waals surface area contributed by atoms with Crippen LogP contribution in [0.25, 0.3) is 0 Å². The van der Waals surface area contributed by atoms with Crippen LogP contribution in [-0.2, 0) is 0 Å². The standard InChI is InChI=1S/C16H33N/c1-10-15(7)12-13(3,4)14(5,6)16(8,11-2)17(15)9/h10-12H2,1-9H3. The molecule has 0 amide bonds. The molecule has 17 heavy (non-hydrogen) atoms. The molecule has 1 saturated heterocycles. The topological polar surface area (TPSA) is 3.24 Å². The number of hydrogen-bond acceptors (Lipinski definition) is 1. The molecule has 1 nitrogen and oxygen atoms in total. The molecule has 1 heterocycles. The Morgan fingerprint density at radius 3 is 1.71 bits per heavy atom. The van der Waals surface area contributed by atoms with E-state index in [0.29, 0.717) is 16.4 Å². The molecule has 1 aliphatic rings. The monoisotopic (exact) mass is 239 g/mol. The van der Waals surface area contributed by atoms with Crippen LogP contribution in [0, 0.1) is 10.8 Å². The molecule has 1 heteroatoms. The highest BCUT2D eigenvalue weighted by Gasteiger charge is 2.60. The molecule has 0 N–H and O–H groups in total. The van der Waals surface area contributed by atoms with Crippen molar-refractivity contribution in [2.24, 2.45) is 10.8 Å². The Balaban J connectivity index is 3.35. The summed E-state index contributed by atoms with van der Waals surface area (Å²) in [5.74, 6) is 0. The van der Waals surface area contributed by atoms with Gasteiger partial charge in [-0.05, 0) is 51.0 Å². The lowest BCUT2D eigenvalue weighted by molar-refractivity contribution is -0.175. The van der Waals surface area contributed by atoms with Crippen molar-refractivity contribution < 1.29 is 0 Å². The molecule has 0 spiro atoms. The lowest BCUT2D eigenvalue weighted by Crippen LogP contribution is -2.71. The average molecular weight is 239 g/mol. The van der Waals surface area contributed by atoms with E-state index < -0.39 is 0 Å². The Labute approximate surface area is 109 Å². The minimum absolute atomic E-state index is 0.277. The van der Waals surface area contributed by atoms with Crippen LogP contribution in [0.15, 0.2) is 0 Å². The van der Waals surface area contributed by atoms with Crippen LogP contribution in [0.5, 0.6) is 0 Å². The van der Waals surface area contributed by atoms with E-state index in [1.54, 1.807) is 0 Å². The highest BCUT2D eigenvalue weighted by molar-refractivity contribution is 5.13. The van der Waals surface area contributed by atoms with Crippen molar-refractivity contribution in [1.29, 1.82) is 0 Å². The van der Waals surface area contributed by atoms with Crippen molar-refractivity contribution in [2.75, 3.05) is 7.05 Å². The summed E-state index contributed by atoms with van der Waals surface area (Å²) in [6.45, 7) is 19.4. The predicted octanol–water partition coefficient (Wildman–Crippen LogP) is 4.71. The van der Waals surface area contributed by atoms with E-state index in [-0.39, 0.29) is 5.54 Å². The molecule has 0 radical (unpaired) electrons. The van der Waals surface area contributed by atoms with Gasteiger partial charge in [-0.15, -0.1) is 0 Å². The molecule has 0 aliphatic carbocycles. The molecule has 0 aromatic carbocycles. The second-order valence-electron chi connectivity index (χ2n) is 7.72. The lowest BCUT2D eigenvalue weighted by Gasteiger charge is -2.68. The number of rotatable bonds is 2. The third kappa shape index (κ3) is 1.77. The van der Waals surface area contributed by atoms with E-state index >= 15 is 0 Å². The van der Waals surface area contributed by atoms with Gasteiger partial charge in [-0.25, -0.2) is 0 Å². The zero-order valence-electron chi connectivity index (χ0n) is 13.6. The van der Waals surface area contributed by atoms with E-state index in [1.165, 1.54) is 19.3 Å². The van der Waals surface area contributed by atoms with Crippen LogP contribution in [0.2, 0.25) is 0 Å². The summed E-state index contributed by atoms with van der Waals surface area (Å²) in [5.41, 5.74) is 1.33. The van der Waals surface area contributed by atoms with Crippen LogP contribution < -0.4 is 0 Å². The molecule has 0 aromatic rings. The lowest BCUT2D eigenvalue weighted by atomic mass is 9.49. The van der Waals surface area contributed by atoms with Crippen molar-refractivity contribution in [2.45, 2.75) is 85.7 Å². The fourth-order valence-electron chi connectivity index (χ4n) is 4.08. The summed E-state index contributed by atoms with van der Waals surface area (Å²) in [4.78, 5) is 2.67. The van der Waals surface area contributed by atoms with Crippen molar-refractivity contribution >= 4 is 0 Å². The van der Waals surface area contributed by atoms with Crippen LogP contribution >= 0.6 is 0 Å². The molecule has 0 bridgehead atoms. The van der Waals surface area contributed by atoms with Gasteiger partial charge in [0, 0.05) is 11.1 Å². The highest BCUT2D eigenvalue weighted by Crippen LogP contribution is 2.60. The molecule has 1 aliphatic heterocycles. The molecule has 2 unspecified atom stereocenters. The van der Waals surface area contributed by atoms with Gasteiger partial charge < -0.3 is 0 Å². The second kappa shape index (κ2) is 3.98. The first-order valence-electron chi connectivity index (χ1n) is 7.22. The van der Waals surface area contributed by atoms with Crippen LogP contribution in [-0.4, -0.2) is 23.0 Å². The molecule has 102 valence electrons. The summed E-state index contributed by atoms with van der Waals surface area (Å²) in [6, 6.07) is 0. The van der Waals surface area contributed by atoms with Gasteiger partial charge in [0.05, 0.1) is 0 Å². The minimum atomic E-state index is 0.277. The Bertz CT molecular complexity index is 289. The predicted molar refractivity (Wildman–Crippen MR) is 77.3 cm³/mol. The van der Waals surface area contributed by atoms with E-state index in [4.69, 9.17) is 0 Å². The Morgan fingerprint density at radius 1 is 0.882 bits per heavy atom. The van der Waals surface area contributed by atoms with Crippen LogP contribution in [0.3, 0.4) is 0 Å². The fourth-order valence-corrected chi connectivity index (χ4v) is 4.08. The maximum absolute atomic E-state index is 2.67. The fraction of sp³-hybridized carbons (Fsp3) is 1.00.